The number of carbonyl (C=O) groups excluding carboxylic acids is 1. The Kier molecular flexibility index (Phi) is 4.11. The molecule has 0 radical (unpaired) electrons. The molecule has 21 heavy (non-hydrogen) atoms. The second-order valence-electron chi connectivity index (χ2n) is 4.87. The van der Waals surface area contributed by atoms with Crippen LogP contribution in [0.4, 0.5) is 0 Å². The summed E-state index contributed by atoms with van der Waals surface area (Å²) in [5, 5.41) is 0. The molecule has 0 amide bonds. The van der Waals surface area contributed by atoms with Gasteiger partial charge in [0.1, 0.15) is 5.75 Å². The largest absolute Gasteiger partial charge is 0.453 e. The number of hydrogen-bond acceptors (Lipinski definition) is 3. The van der Waals surface area contributed by atoms with Crippen LogP contribution in [0.15, 0.2) is 65.3 Å². The summed E-state index contributed by atoms with van der Waals surface area (Å²) in [4.78, 5) is 13.3. The molecule has 0 saturated heterocycles. The summed E-state index contributed by atoms with van der Waals surface area (Å²) in [6.45, 7) is 0. The first-order valence-electron chi connectivity index (χ1n) is 6.91. The van der Waals surface area contributed by atoms with E-state index in [-0.39, 0.29) is 5.78 Å². The van der Waals surface area contributed by atoms with Gasteiger partial charge in [-0.25, -0.2) is 0 Å². The molecule has 0 fully saturated rings. The summed E-state index contributed by atoms with van der Waals surface area (Å²) in [7, 11) is 0. The molecular formula is C18H16O2S. The number of ether oxygens (including phenoxy) is 1. The summed E-state index contributed by atoms with van der Waals surface area (Å²) < 4.78 is 5.84. The average molecular weight is 296 g/mol. The minimum absolute atomic E-state index is 0.0859. The Balaban J connectivity index is 1.94. The number of thioether (sulfide) groups is 1. The highest BCUT2D eigenvalue weighted by Crippen LogP contribution is 2.33. The van der Waals surface area contributed by atoms with Gasteiger partial charge in [-0.05, 0) is 42.5 Å². The standard InChI is InChI=1S/C18H16O2S/c1-21-15-9-7-13(8-10-15)16-11-12-17(19)18(16)20-14-5-3-2-4-6-14/h2-10H,11-12H2,1H3. The summed E-state index contributed by atoms with van der Waals surface area (Å²) in [6, 6.07) is 17.8. The van der Waals surface area contributed by atoms with Crippen LogP contribution in [0.1, 0.15) is 18.4 Å². The van der Waals surface area contributed by atoms with E-state index in [1.165, 1.54) is 4.90 Å². The van der Waals surface area contributed by atoms with Gasteiger partial charge in [0, 0.05) is 16.9 Å². The molecule has 3 rings (SSSR count). The second kappa shape index (κ2) is 6.19. The molecule has 2 nitrogen and oxygen atoms in total. The first-order chi connectivity index (χ1) is 10.3. The quantitative estimate of drug-likeness (QED) is 0.774. The summed E-state index contributed by atoms with van der Waals surface area (Å²) in [5.74, 6) is 1.29. The van der Waals surface area contributed by atoms with E-state index in [1.54, 1.807) is 11.8 Å². The average Bonchev–Trinajstić information content (AvgIpc) is 2.90. The lowest BCUT2D eigenvalue weighted by atomic mass is 10.1. The number of carbonyl (C=O) groups is 1. The van der Waals surface area contributed by atoms with Crippen molar-refractivity contribution in [1.82, 2.24) is 0 Å². The van der Waals surface area contributed by atoms with Gasteiger partial charge < -0.3 is 4.74 Å². The van der Waals surface area contributed by atoms with Gasteiger partial charge in [-0.3, -0.25) is 4.79 Å². The Hall–Kier alpha value is -2.00. The monoisotopic (exact) mass is 296 g/mol. The number of Topliss-reactive ketones (excluding diaryl/α,β-unsaturated/α-hetero) is 1. The number of benzene rings is 2. The van der Waals surface area contributed by atoms with Crippen LogP contribution in [0.2, 0.25) is 0 Å². The SMILES string of the molecule is CSc1ccc(C2=C(Oc3ccccc3)C(=O)CC2)cc1. The van der Waals surface area contributed by atoms with E-state index in [0.717, 1.165) is 17.6 Å². The third-order valence-electron chi connectivity index (χ3n) is 3.53. The van der Waals surface area contributed by atoms with Crippen LogP contribution in [0.5, 0.6) is 5.75 Å². The lowest BCUT2D eigenvalue weighted by Crippen LogP contribution is -2.04. The Morgan fingerprint density at radius 3 is 2.33 bits per heavy atom. The summed E-state index contributed by atoms with van der Waals surface area (Å²) in [6.07, 6.45) is 3.33. The summed E-state index contributed by atoms with van der Waals surface area (Å²) >= 11 is 1.71. The third-order valence-corrected chi connectivity index (χ3v) is 4.27. The van der Waals surface area contributed by atoms with Crippen molar-refractivity contribution in [2.45, 2.75) is 17.7 Å². The number of ketones is 1. The fourth-order valence-electron chi connectivity index (χ4n) is 2.43. The lowest BCUT2D eigenvalue weighted by molar-refractivity contribution is -0.116. The maximum atomic E-state index is 12.1. The van der Waals surface area contributed by atoms with Crippen molar-refractivity contribution >= 4 is 23.1 Å². The molecule has 0 N–H and O–H groups in total. The Morgan fingerprint density at radius 1 is 0.952 bits per heavy atom. The first-order valence-corrected chi connectivity index (χ1v) is 8.14. The molecule has 2 aromatic rings. The minimum Gasteiger partial charge on any atom is -0.453 e. The van der Waals surface area contributed by atoms with Gasteiger partial charge in [-0.2, -0.15) is 0 Å². The molecule has 2 aromatic carbocycles. The maximum absolute atomic E-state index is 12.1. The van der Waals surface area contributed by atoms with E-state index >= 15 is 0 Å². The van der Waals surface area contributed by atoms with Crippen molar-refractivity contribution in [3.63, 3.8) is 0 Å². The Morgan fingerprint density at radius 2 is 1.67 bits per heavy atom. The Bertz CT molecular complexity index is 672. The molecule has 0 atom stereocenters. The van der Waals surface area contributed by atoms with Crippen molar-refractivity contribution in [3.05, 3.63) is 65.9 Å². The maximum Gasteiger partial charge on any atom is 0.198 e. The smallest absolute Gasteiger partial charge is 0.198 e. The van der Waals surface area contributed by atoms with Gasteiger partial charge in [0.25, 0.3) is 0 Å². The van der Waals surface area contributed by atoms with Crippen molar-refractivity contribution in [2.24, 2.45) is 0 Å². The second-order valence-corrected chi connectivity index (χ2v) is 5.75. The Labute approximate surface area is 128 Å². The molecule has 0 unspecified atom stereocenters. The number of hydrogen-bond donors (Lipinski definition) is 0. The fourth-order valence-corrected chi connectivity index (χ4v) is 2.83. The van der Waals surface area contributed by atoms with Crippen molar-refractivity contribution in [2.75, 3.05) is 6.26 Å². The van der Waals surface area contributed by atoms with Gasteiger partial charge >= 0.3 is 0 Å². The third kappa shape index (κ3) is 3.03. The zero-order valence-electron chi connectivity index (χ0n) is 11.8. The van der Waals surface area contributed by atoms with Crippen LogP contribution >= 0.6 is 11.8 Å². The minimum atomic E-state index is 0.0859. The molecule has 106 valence electrons. The highest BCUT2D eigenvalue weighted by molar-refractivity contribution is 7.98. The number of allylic oxidation sites excluding steroid dienone is 2. The molecule has 0 spiro atoms. The van der Waals surface area contributed by atoms with Gasteiger partial charge in [0.05, 0.1) is 0 Å². The highest BCUT2D eigenvalue weighted by atomic mass is 32.2. The number of para-hydroxylation sites is 1. The zero-order valence-corrected chi connectivity index (χ0v) is 12.7. The van der Waals surface area contributed by atoms with E-state index in [0.29, 0.717) is 17.9 Å². The number of rotatable bonds is 4. The van der Waals surface area contributed by atoms with Crippen LogP contribution in [0.3, 0.4) is 0 Å². The van der Waals surface area contributed by atoms with Crippen molar-refractivity contribution in [3.8, 4) is 5.75 Å². The van der Waals surface area contributed by atoms with E-state index in [9.17, 15) is 4.79 Å². The molecule has 0 saturated carbocycles. The molecule has 3 heteroatoms. The summed E-state index contributed by atoms with van der Waals surface area (Å²) in [5.41, 5.74) is 2.08. The van der Waals surface area contributed by atoms with Crippen LogP contribution < -0.4 is 4.74 Å². The molecule has 0 aliphatic heterocycles. The van der Waals surface area contributed by atoms with Gasteiger partial charge in [-0.1, -0.05) is 30.3 Å². The molecule has 0 heterocycles. The molecular weight excluding hydrogens is 280 g/mol. The first kappa shape index (κ1) is 14.0. The molecule has 1 aliphatic carbocycles. The van der Waals surface area contributed by atoms with Crippen LogP contribution in [-0.4, -0.2) is 12.0 Å². The molecule has 0 aromatic heterocycles. The van der Waals surface area contributed by atoms with Crippen LogP contribution in [0, 0.1) is 0 Å². The normalized spacial score (nSPS) is 14.6. The van der Waals surface area contributed by atoms with E-state index in [1.807, 2.05) is 30.3 Å². The van der Waals surface area contributed by atoms with Gasteiger partial charge in [0.2, 0.25) is 0 Å². The zero-order chi connectivity index (χ0) is 14.7. The highest BCUT2D eigenvalue weighted by Gasteiger charge is 2.26. The predicted octanol–water partition coefficient (Wildman–Crippen LogP) is 4.56. The van der Waals surface area contributed by atoms with E-state index < -0.39 is 0 Å². The molecule has 0 bridgehead atoms. The molecule has 1 aliphatic rings. The fraction of sp³-hybridized carbons (Fsp3) is 0.167. The predicted molar refractivity (Wildman–Crippen MR) is 86.5 cm³/mol. The van der Waals surface area contributed by atoms with E-state index in [2.05, 4.69) is 30.5 Å². The van der Waals surface area contributed by atoms with Crippen molar-refractivity contribution < 1.29 is 9.53 Å². The lowest BCUT2D eigenvalue weighted by Gasteiger charge is -2.09. The van der Waals surface area contributed by atoms with Crippen LogP contribution in [0.25, 0.3) is 5.57 Å². The van der Waals surface area contributed by atoms with Gasteiger partial charge in [-0.15, -0.1) is 11.8 Å². The van der Waals surface area contributed by atoms with E-state index in [4.69, 9.17) is 4.74 Å². The van der Waals surface area contributed by atoms with Crippen LogP contribution in [-0.2, 0) is 4.79 Å². The topological polar surface area (TPSA) is 26.3 Å². The van der Waals surface area contributed by atoms with Crippen molar-refractivity contribution in [1.29, 1.82) is 0 Å². The van der Waals surface area contributed by atoms with Gasteiger partial charge in [0.15, 0.2) is 11.5 Å².